The van der Waals surface area contributed by atoms with E-state index in [1.807, 2.05) is 14.1 Å². The van der Waals surface area contributed by atoms with Crippen molar-refractivity contribution in [1.82, 2.24) is 10.2 Å². The lowest BCUT2D eigenvalue weighted by Gasteiger charge is -2.25. The van der Waals surface area contributed by atoms with Crippen molar-refractivity contribution in [3.63, 3.8) is 0 Å². The molecule has 0 aromatic heterocycles. The van der Waals surface area contributed by atoms with Gasteiger partial charge in [0, 0.05) is 48.9 Å². The fourth-order valence-corrected chi connectivity index (χ4v) is 3.59. The van der Waals surface area contributed by atoms with Gasteiger partial charge in [0.25, 0.3) is 0 Å². The van der Waals surface area contributed by atoms with Crippen molar-refractivity contribution >= 4 is 11.5 Å². The summed E-state index contributed by atoms with van der Waals surface area (Å²) in [6.07, 6.45) is 6.66. The molecule has 0 fully saturated rings. The SMILES string of the molecule is C=C/N=C1\C(=C/CNc2ccc(F)c(F)c2)C2=C(CCC(NC)C2)N1C. The molecule has 2 aliphatic rings. The van der Waals surface area contributed by atoms with Gasteiger partial charge < -0.3 is 15.5 Å². The van der Waals surface area contributed by atoms with Gasteiger partial charge >= 0.3 is 0 Å². The lowest BCUT2D eigenvalue weighted by atomic mass is 9.89. The number of hydrogen-bond acceptors (Lipinski definition) is 3. The molecule has 0 saturated carbocycles. The third kappa shape index (κ3) is 3.55. The van der Waals surface area contributed by atoms with Crippen LogP contribution in [0.5, 0.6) is 0 Å². The van der Waals surface area contributed by atoms with Crippen LogP contribution in [0.4, 0.5) is 14.5 Å². The predicted molar refractivity (Wildman–Crippen MR) is 102 cm³/mol. The Morgan fingerprint density at radius 3 is 2.85 bits per heavy atom. The number of likely N-dealkylation sites (N-methyl/N-ethyl adjacent to an activating group) is 1. The first-order chi connectivity index (χ1) is 12.5. The maximum Gasteiger partial charge on any atom is 0.160 e. The number of hydrogen-bond donors (Lipinski definition) is 2. The summed E-state index contributed by atoms with van der Waals surface area (Å²) >= 11 is 0. The van der Waals surface area contributed by atoms with Crippen molar-refractivity contribution in [1.29, 1.82) is 0 Å². The molecule has 0 saturated heterocycles. The van der Waals surface area contributed by atoms with E-state index in [1.54, 1.807) is 6.20 Å². The van der Waals surface area contributed by atoms with Gasteiger partial charge in [0.1, 0.15) is 5.84 Å². The van der Waals surface area contributed by atoms with Crippen molar-refractivity contribution in [2.24, 2.45) is 4.99 Å². The van der Waals surface area contributed by atoms with E-state index in [9.17, 15) is 8.78 Å². The van der Waals surface area contributed by atoms with Crippen LogP contribution in [0.2, 0.25) is 0 Å². The van der Waals surface area contributed by atoms with Crippen LogP contribution in [0.15, 0.2) is 58.9 Å². The quantitative estimate of drug-likeness (QED) is 0.841. The molecule has 0 radical (unpaired) electrons. The van der Waals surface area contributed by atoms with Gasteiger partial charge in [0.05, 0.1) is 0 Å². The lowest BCUT2D eigenvalue weighted by molar-refractivity contribution is 0.460. The van der Waals surface area contributed by atoms with Crippen molar-refractivity contribution in [3.8, 4) is 0 Å². The zero-order valence-corrected chi connectivity index (χ0v) is 15.1. The second-order valence-electron chi connectivity index (χ2n) is 6.48. The number of rotatable bonds is 5. The maximum atomic E-state index is 13.3. The number of allylic oxidation sites excluding steroid dienone is 1. The first-order valence-electron chi connectivity index (χ1n) is 8.76. The van der Waals surface area contributed by atoms with E-state index in [0.717, 1.165) is 42.8 Å². The lowest BCUT2D eigenvalue weighted by Crippen LogP contribution is -2.29. The molecular weight excluding hydrogens is 334 g/mol. The Balaban J connectivity index is 1.83. The molecule has 6 heteroatoms. The molecule has 26 heavy (non-hydrogen) atoms. The predicted octanol–water partition coefficient (Wildman–Crippen LogP) is 3.82. The van der Waals surface area contributed by atoms with Crippen LogP contribution in [-0.2, 0) is 0 Å². The minimum absolute atomic E-state index is 0.452. The van der Waals surface area contributed by atoms with Gasteiger partial charge in [-0.15, -0.1) is 0 Å². The first kappa shape index (κ1) is 18.3. The summed E-state index contributed by atoms with van der Waals surface area (Å²) in [5.74, 6) is -0.818. The molecular formula is C20H24F2N4. The first-order valence-corrected chi connectivity index (χ1v) is 8.76. The Morgan fingerprint density at radius 2 is 2.15 bits per heavy atom. The van der Waals surface area contributed by atoms with Crippen LogP contribution in [-0.4, -0.2) is 37.4 Å². The molecule has 4 nitrogen and oxygen atoms in total. The molecule has 0 spiro atoms. The van der Waals surface area contributed by atoms with Gasteiger partial charge in [0.2, 0.25) is 0 Å². The monoisotopic (exact) mass is 358 g/mol. The minimum Gasteiger partial charge on any atom is -0.381 e. The Kier molecular flexibility index (Phi) is 5.52. The van der Waals surface area contributed by atoms with Gasteiger partial charge in [-0.25, -0.2) is 13.8 Å². The highest BCUT2D eigenvalue weighted by atomic mass is 19.2. The summed E-state index contributed by atoms with van der Waals surface area (Å²) < 4.78 is 26.4. The van der Waals surface area contributed by atoms with E-state index in [4.69, 9.17) is 0 Å². The Morgan fingerprint density at radius 1 is 1.35 bits per heavy atom. The second-order valence-corrected chi connectivity index (χ2v) is 6.48. The number of amidine groups is 1. The molecule has 1 aliphatic carbocycles. The molecule has 1 aliphatic heterocycles. The van der Waals surface area contributed by atoms with E-state index in [2.05, 4.69) is 33.2 Å². The zero-order chi connectivity index (χ0) is 18.7. The van der Waals surface area contributed by atoms with Crippen LogP contribution in [0.1, 0.15) is 19.3 Å². The summed E-state index contributed by atoms with van der Waals surface area (Å²) in [6.45, 7) is 4.21. The summed E-state index contributed by atoms with van der Waals surface area (Å²) in [6, 6.07) is 4.26. The number of nitrogens with one attached hydrogen (secondary N) is 2. The van der Waals surface area contributed by atoms with Crippen molar-refractivity contribution in [3.05, 3.63) is 65.5 Å². The Hall–Kier alpha value is -2.47. The smallest absolute Gasteiger partial charge is 0.160 e. The van der Waals surface area contributed by atoms with Crippen LogP contribution in [0.3, 0.4) is 0 Å². The third-order valence-corrected chi connectivity index (χ3v) is 4.97. The Bertz CT molecular complexity index is 795. The summed E-state index contributed by atoms with van der Waals surface area (Å²) in [5.41, 5.74) is 4.22. The molecule has 1 heterocycles. The fraction of sp³-hybridized carbons (Fsp3) is 0.350. The van der Waals surface area contributed by atoms with E-state index in [1.165, 1.54) is 17.3 Å². The topological polar surface area (TPSA) is 39.7 Å². The fourth-order valence-electron chi connectivity index (χ4n) is 3.59. The van der Waals surface area contributed by atoms with Gasteiger partial charge in [-0.1, -0.05) is 12.7 Å². The van der Waals surface area contributed by atoms with Crippen LogP contribution in [0.25, 0.3) is 0 Å². The van der Waals surface area contributed by atoms with Gasteiger partial charge in [0.15, 0.2) is 11.6 Å². The summed E-state index contributed by atoms with van der Waals surface area (Å²) in [4.78, 5) is 6.58. The highest BCUT2D eigenvalue weighted by molar-refractivity contribution is 6.06. The normalized spacial score (nSPS) is 22.9. The standard InChI is InChI=1S/C20H24F2N4/c1-4-24-20-15(9-10-25-14-5-7-17(21)18(22)12-14)16-11-13(23-2)6-8-19(16)26(20)3/h4-5,7,9,12-13,23,25H,1,6,8,10-11H2,2-3H3/b15-9-,24-20+. The van der Waals surface area contributed by atoms with Gasteiger partial charge in [-0.05, 0) is 44.0 Å². The molecule has 1 aromatic carbocycles. The van der Waals surface area contributed by atoms with E-state index >= 15 is 0 Å². The zero-order valence-electron chi connectivity index (χ0n) is 15.1. The molecule has 0 bridgehead atoms. The largest absolute Gasteiger partial charge is 0.381 e. The average Bonchev–Trinajstić information content (AvgIpc) is 2.90. The van der Waals surface area contributed by atoms with Crippen molar-refractivity contribution in [2.45, 2.75) is 25.3 Å². The molecule has 1 aromatic rings. The third-order valence-electron chi connectivity index (χ3n) is 4.97. The number of anilines is 1. The number of halogens is 2. The number of benzene rings is 1. The molecule has 3 rings (SSSR count). The molecule has 1 atom stereocenters. The molecule has 138 valence electrons. The van der Waals surface area contributed by atoms with Crippen LogP contribution >= 0.6 is 0 Å². The van der Waals surface area contributed by atoms with Gasteiger partial charge in [-0.3, -0.25) is 0 Å². The van der Waals surface area contributed by atoms with Gasteiger partial charge in [-0.2, -0.15) is 0 Å². The summed E-state index contributed by atoms with van der Waals surface area (Å²) in [5, 5.41) is 6.48. The average molecular weight is 358 g/mol. The number of aliphatic imine (C=N–C) groups is 1. The Labute approximate surface area is 153 Å². The highest BCUT2D eigenvalue weighted by Crippen LogP contribution is 2.38. The van der Waals surface area contributed by atoms with E-state index in [-0.39, 0.29) is 0 Å². The molecule has 0 amide bonds. The van der Waals surface area contributed by atoms with Crippen LogP contribution in [0, 0.1) is 11.6 Å². The van der Waals surface area contributed by atoms with Crippen LogP contribution < -0.4 is 10.6 Å². The number of nitrogens with zero attached hydrogens (tertiary/aromatic N) is 2. The highest BCUT2D eigenvalue weighted by Gasteiger charge is 2.34. The van der Waals surface area contributed by atoms with E-state index in [0.29, 0.717) is 18.3 Å². The minimum atomic E-state index is -0.855. The molecule has 2 N–H and O–H groups in total. The van der Waals surface area contributed by atoms with E-state index < -0.39 is 11.6 Å². The second kappa shape index (κ2) is 7.83. The molecule has 1 unspecified atom stereocenters. The summed E-state index contributed by atoms with van der Waals surface area (Å²) in [7, 11) is 4.02. The maximum absolute atomic E-state index is 13.3. The van der Waals surface area contributed by atoms with Crippen molar-refractivity contribution in [2.75, 3.05) is 26.0 Å². The van der Waals surface area contributed by atoms with Crippen molar-refractivity contribution < 1.29 is 8.78 Å².